The molecule has 0 N–H and O–H groups in total. The summed E-state index contributed by atoms with van der Waals surface area (Å²) >= 11 is 0. The molecule has 0 aliphatic rings. The molecule has 0 bridgehead atoms. The van der Waals surface area contributed by atoms with Crippen LogP contribution in [-0.4, -0.2) is 23.1 Å². The van der Waals surface area contributed by atoms with Gasteiger partial charge in [-0.1, -0.05) is 64.7 Å². The number of halogens is 1. The van der Waals surface area contributed by atoms with Crippen molar-refractivity contribution in [1.82, 2.24) is 0 Å². The maximum atomic E-state index is 6.76. The van der Waals surface area contributed by atoms with Crippen LogP contribution in [0.2, 0.25) is 0 Å². The van der Waals surface area contributed by atoms with Gasteiger partial charge in [-0.05, 0) is 12.8 Å². The maximum Gasteiger partial charge on any atom is 2.00 e. The molecular weight excluding hydrogens is 272 g/mol. The molecule has 0 amide bonds. The van der Waals surface area contributed by atoms with Crippen molar-refractivity contribution in [2.45, 2.75) is 77.6 Å². The van der Waals surface area contributed by atoms with Crippen LogP contribution in [0.5, 0.6) is 0 Å². The standard InChI is InChI=1S/C14H25.BrH.Mg/c1-3-5-7-9-11-13-14-12-10-8-6-4-2;;/h3,5-14H2,1H3;1H;/q-1;;+2/p-1. The third-order valence-electron chi connectivity index (χ3n) is 2.66. The first-order chi connectivity index (χ1) is 6.91. The second-order valence-electron chi connectivity index (χ2n) is 4.11. The van der Waals surface area contributed by atoms with E-state index in [1.54, 1.807) is 0 Å². The van der Waals surface area contributed by atoms with Gasteiger partial charge in [0.25, 0.3) is 0 Å². The predicted molar refractivity (Wildman–Crippen MR) is 69.3 cm³/mol. The Balaban J connectivity index is -0.000000845. The topological polar surface area (TPSA) is 0 Å². The van der Waals surface area contributed by atoms with E-state index in [0.29, 0.717) is 0 Å². The van der Waals surface area contributed by atoms with Crippen LogP contribution in [0.15, 0.2) is 0 Å². The number of rotatable bonds is 10. The molecule has 0 spiro atoms. The summed E-state index contributed by atoms with van der Waals surface area (Å²) < 4.78 is 0. The van der Waals surface area contributed by atoms with Crippen LogP contribution >= 0.6 is 0 Å². The van der Waals surface area contributed by atoms with Crippen molar-refractivity contribution in [3.8, 4) is 5.92 Å². The van der Waals surface area contributed by atoms with Crippen LogP contribution in [0.4, 0.5) is 0 Å². The molecule has 0 fully saturated rings. The third kappa shape index (κ3) is 20.2. The Morgan fingerprint density at radius 2 is 1.12 bits per heavy atom. The normalized spacial score (nSPS) is 8.75. The molecule has 0 nitrogen and oxygen atoms in total. The minimum absolute atomic E-state index is 0. The Morgan fingerprint density at radius 3 is 1.50 bits per heavy atom. The average molecular weight is 298 g/mol. The molecule has 0 saturated carbocycles. The molecule has 2 heteroatoms. The first-order valence-electron chi connectivity index (χ1n) is 6.31. The van der Waals surface area contributed by atoms with Gasteiger partial charge < -0.3 is 29.3 Å². The monoisotopic (exact) mass is 296 g/mol. The largest absolute Gasteiger partial charge is 2.00 e. The molecule has 0 heterocycles. The van der Waals surface area contributed by atoms with E-state index in [4.69, 9.17) is 6.42 Å². The average Bonchev–Trinajstić information content (AvgIpc) is 2.21. The SMILES string of the molecule is [Br-].[C-]#CCCCCCCCCCCCC.[Mg+2]. The Bertz CT molecular complexity index is 140. The smallest absolute Gasteiger partial charge is 1.00 e. The van der Waals surface area contributed by atoms with Gasteiger partial charge in [0.1, 0.15) is 0 Å². The van der Waals surface area contributed by atoms with E-state index in [2.05, 4.69) is 12.8 Å². The van der Waals surface area contributed by atoms with Crippen molar-refractivity contribution < 1.29 is 17.0 Å². The van der Waals surface area contributed by atoms with E-state index in [9.17, 15) is 0 Å². The third-order valence-corrected chi connectivity index (χ3v) is 2.66. The fourth-order valence-corrected chi connectivity index (χ4v) is 1.70. The molecule has 0 unspecified atom stereocenters. The van der Waals surface area contributed by atoms with E-state index < -0.39 is 0 Å². The Labute approximate surface area is 129 Å². The van der Waals surface area contributed by atoms with E-state index in [0.717, 1.165) is 6.42 Å². The summed E-state index contributed by atoms with van der Waals surface area (Å²) in [6.45, 7) is 2.26. The molecule has 0 aliphatic heterocycles. The molecule has 16 heavy (non-hydrogen) atoms. The van der Waals surface area contributed by atoms with Crippen molar-refractivity contribution >= 4 is 23.1 Å². The molecule has 0 aliphatic carbocycles. The molecule has 0 saturated heterocycles. The summed E-state index contributed by atoms with van der Waals surface area (Å²) in [4.78, 5) is 0. The first kappa shape index (κ1) is 22.0. The summed E-state index contributed by atoms with van der Waals surface area (Å²) in [5.41, 5.74) is 0. The Kier molecular flexibility index (Phi) is 29.1. The first-order valence-corrected chi connectivity index (χ1v) is 6.31. The van der Waals surface area contributed by atoms with E-state index >= 15 is 0 Å². The quantitative estimate of drug-likeness (QED) is 0.248. The summed E-state index contributed by atoms with van der Waals surface area (Å²) in [5, 5.41) is 0. The summed E-state index contributed by atoms with van der Waals surface area (Å²) in [6, 6.07) is 0. The maximum absolute atomic E-state index is 6.76. The molecule has 0 rings (SSSR count). The summed E-state index contributed by atoms with van der Waals surface area (Å²) in [5.74, 6) is 2.44. The number of hydrogen-bond donors (Lipinski definition) is 0. The molecular formula is C14H25BrMg. The molecule has 0 aromatic carbocycles. The van der Waals surface area contributed by atoms with Gasteiger partial charge in [-0.15, -0.1) is 0 Å². The van der Waals surface area contributed by atoms with Gasteiger partial charge in [0.2, 0.25) is 0 Å². The minimum atomic E-state index is 0. The fourth-order valence-electron chi connectivity index (χ4n) is 1.70. The van der Waals surface area contributed by atoms with Crippen molar-refractivity contribution in [2.75, 3.05) is 0 Å². The molecule has 0 atom stereocenters. The number of hydrogen-bond acceptors (Lipinski definition) is 0. The summed E-state index contributed by atoms with van der Waals surface area (Å²) in [7, 11) is 0. The van der Waals surface area contributed by atoms with Crippen molar-refractivity contribution in [2.24, 2.45) is 0 Å². The van der Waals surface area contributed by atoms with Crippen molar-refractivity contribution in [1.29, 1.82) is 0 Å². The zero-order valence-corrected chi connectivity index (χ0v) is 13.9. The molecule has 0 radical (unpaired) electrons. The molecule has 0 aromatic heterocycles. The van der Waals surface area contributed by atoms with Gasteiger partial charge in [-0.25, -0.2) is 0 Å². The van der Waals surface area contributed by atoms with Crippen LogP contribution < -0.4 is 17.0 Å². The van der Waals surface area contributed by atoms with Gasteiger partial charge >= 0.3 is 23.1 Å². The van der Waals surface area contributed by atoms with Gasteiger partial charge in [-0.2, -0.15) is 0 Å². The second-order valence-corrected chi connectivity index (χ2v) is 4.11. The van der Waals surface area contributed by atoms with Crippen LogP contribution in [0.3, 0.4) is 0 Å². The number of unbranched alkanes of at least 4 members (excludes halogenated alkanes) is 10. The second kappa shape index (κ2) is 21.1. The van der Waals surface area contributed by atoms with Crippen LogP contribution in [0.1, 0.15) is 77.6 Å². The van der Waals surface area contributed by atoms with Crippen molar-refractivity contribution in [3.63, 3.8) is 0 Å². The molecule has 90 valence electrons. The summed E-state index contributed by atoms with van der Waals surface area (Å²) in [6.07, 6.45) is 21.3. The predicted octanol–water partition coefficient (Wildman–Crippen LogP) is 1.51. The Morgan fingerprint density at radius 1 is 0.750 bits per heavy atom. The van der Waals surface area contributed by atoms with Crippen LogP contribution in [0.25, 0.3) is 0 Å². The van der Waals surface area contributed by atoms with E-state index in [1.807, 2.05) is 0 Å². The van der Waals surface area contributed by atoms with Gasteiger partial charge in [0.15, 0.2) is 0 Å². The zero-order valence-electron chi connectivity index (χ0n) is 10.9. The zero-order chi connectivity index (χ0) is 10.5. The van der Waals surface area contributed by atoms with Gasteiger partial charge in [-0.3, -0.25) is 0 Å². The molecule has 0 aromatic rings. The minimum Gasteiger partial charge on any atom is -1.00 e. The van der Waals surface area contributed by atoms with Gasteiger partial charge in [0.05, 0.1) is 0 Å². The fraction of sp³-hybridized carbons (Fsp3) is 0.857. The van der Waals surface area contributed by atoms with Crippen LogP contribution in [-0.2, 0) is 0 Å². The van der Waals surface area contributed by atoms with E-state index in [-0.39, 0.29) is 40.0 Å². The van der Waals surface area contributed by atoms with E-state index in [1.165, 1.54) is 64.2 Å². The Hall–Kier alpha value is 0.806. The van der Waals surface area contributed by atoms with Crippen LogP contribution in [0, 0.1) is 12.3 Å². The van der Waals surface area contributed by atoms with Crippen molar-refractivity contribution in [3.05, 3.63) is 6.42 Å². The van der Waals surface area contributed by atoms with Gasteiger partial charge in [0, 0.05) is 0 Å².